The third kappa shape index (κ3) is 25.7. The Morgan fingerprint density at radius 3 is 0.942 bits per heavy atom. The molecule has 0 saturated heterocycles. The summed E-state index contributed by atoms with van der Waals surface area (Å²) in [6, 6.07) is 12.7. The monoisotopic (exact) mass is 717 g/mol. The molecule has 0 fully saturated rings. The molecular weight excluding hydrogens is 625 g/mol. The molecule has 0 aliphatic carbocycles. The van der Waals surface area contributed by atoms with Crippen molar-refractivity contribution in [3.05, 3.63) is 47.0 Å². The van der Waals surface area contributed by atoms with Crippen molar-refractivity contribution in [3.8, 4) is 0 Å². The molecule has 0 atom stereocenters. The lowest BCUT2D eigenvalue weighted by atomic mass is 9.92. The second-order valence-electron chi connectivity index (χ2n) is 17.2. The average molecular weight is 717 g/mol. The predicted molar refractivity (Wildman–Crippen MR) is 238 cm³/mol. The van der Waals surface area contributed by atoms with Gasteiger partial charge in [0.2, 0.25) is 0 Å². The Kier molecular flexibility index (Phi) is 31.9. The second-order valence-corrected chi connectivity index (χ2v) is 17.2. The first-order chi connectivity index (χ1) is 25.8. The van der Waals surface area contributed by atoms with Crippen molar-refractivity contribution in [2.24, 2.45) is 0 Å². The van der Waals surface area contributed by atoms with Crippen LogP contribution >= 0.6 is 0 Å². The Hall–Kier alpha value is -1.30. The molecule has 0 amide bonds. The molecular formula is C52H92. The largest absolute Gasteiger partial charge is 0.0654 e. The smallest absolute Gasteiger partial charge is 0.0149 e. The summed E-state index contributed by atoms with van der Waals surface area (Å²) < 4.78 is 0. The number of rotatable bonds is 39. The standard InChI is InChI=1S/C52H92/c1-4-7-10-13-16-19-22-25-28-31-34-37-40-48-43-44-51-46-49(41-38-35-32-29-26-23-20-17-14-11-8-5-2)45-50(52(51)47-48)42-39-36-33-30-27-24-21-18-15-12-9-6-3/h43-47H,4-42H2,1-3H3. The highest BCUT2D eigenvalue weighted by molar-refractivity contribution is 5.87. The number of benzene rings is 2. The van der Waals surface area contributed by atoms with E-state index in [2.05, 4.69) is 51.1 Å². The van der Waals surface area contributed by atoms with E-state index in [0.29, 0.717) is 0 Å². The molecule has 0 N–H and O–H groups in total. The maximum Gasteiger partial charge on any atom is -0.0149 e. The van der Waals surface area contributed by atoms with E-state index in [4.69, 9.17) is 0 Å². The molecule has 52 heavy (non-hydrogen) atoms. The minimum absolute atomic E-state index is 1.26. The zero-order valence-corrected chi connectivity index (χ0v) is 36.0. The van der Waals surface area contributed by atoms with Gasteiger partial charge in [-0.1, -0.05) is 263 Å². The molecule has 2 rings (SSSR count). The normalized spacial score (nSPS) is 11.7. The Morgan fingerprint density at radius 2 is 0.577 bits per heavy atom. The molecule has 0 unspecified atom stereocenters. The molecule has 0 aliphatic heterocycles. The van der Waals surface area contributed by atoms with E-state index in [1.807, 2.05) is 0 Å². The van der Waals surface area contributed by atoms with Gasteiger partial charge in [-0.05, 0) is 66.0 Å². The SMILES string of the molecule is CCCCCCCCCCCCCCc1cc(CCCCCCCCCCCCCC)c2cc(CCCCCCCCCCCCCC)ccc2c1. The minimum atomic E-state index is 1.26. The van der Waals surface area contributed by atoms with Crippen molar-refractivity contribution in [1.29, 1.82) is 0 Å². The van der Waals surface area contributed by atoms with Gasteiger partial charge in [0.15, 0.2) is 0 Å². The van der Waals surface area contributed by atoms with Gasteiger partial charge in [0.1, 0.15) is 0 Å². The number of hydrogen-bond donors (Lipinski definition) is 0. The van der Waals surface area contributed by atoms with Gasteiger partial charge >= 0.3 is 0 Å². The summed E-state index contributed by atoms with van der Waals surface area (Å²) in [6.07, 6.45) is 55.3. The third-order valence-corrected chi connectivity index (χ3v) is 12.1. The van der Waals surface area contributed by atoms with Gasteiger partial charge in [-0.25, -0.2) is 0 Å². The van der Waals surface area contributed by atoms with Crippen LogP contribution in [-0.4, -0.2) is 0 Å². The van der Waals surface area contributed by atoms with Crippen molar-refractivity contribution in [2.75, 3.05) is 0 Å². The van der Waals surface area contributed by atoms with Crippen LogP contribution in [0, 0.1) is 0 Å². The predicted octanol–water partition coefficient (Wildman–Crippen LogP) is 18.6. The summed E-state index contributed by atoms with van der Waals surface area (Å²) in [7, 11) is 0. The molecule has 0 radical (unpaired) electrons. The fraction of sp³-hybridized carbons (Fsp3) is 0.808. The first kappa shape index (κ1) is 46.9. The number of unbranched alkanes of at least 4 members (excludes halogenated alkanes) is 33. The maximum absolute atomic E-state index is 2.63. The zero-order valence-electron chi connectivity index (χ0n) is 36.0. The molecule has 0 aliphatic rings. The van der Waals surface area contributed by atoms with Crippen LogP contribution in [0.15, 0.2) is 30.3 Å². The van der Waals surface area contributed by atoms with Crippen LogP contribution in [0.25, 0.3) is 10.8 Å². The Labute approximate surface area is 327 Å². The molecule has 0 heteroatoms. The molecule has 300 valence electrons. The van der Waals surface area contributed by atoms with Gasteiger partial charge in [0.05, 0.1) is 0 Å². The third-order valence-electron chi connectivity index (χ3n) is 12.1. The van der Waals surface area contributed by atoms with Crippen molar-refractivity contribution in [2.45, 2.75) is 271 Å². The Balaban J connectivity index is 1.76. The van der Waals surface area contributed by atoms with Crippen LogP contribution in [0.4, 0.5) is 0 Å². The Bertz CT molecular complexity index is 1030. The first-order valence-corrected chi connectivity index (χ1v) is 24.3. The van der Waals surface area contributed by atoms with E-state index in [9.17, 15) is 0 Å². The van der Waals surface area contributed by atoms with E-state index in [1.165, 1.54) is 256 Å². The van der Waals surface area contributed by atoms with Crippen molar-refractivity contribution in [3.63, 3.8) is 0 Å². The van der Waals surface area contributed by atoms with Crippen LogP contribution in [0.3, 0.4) is 0 Å². The van der Waals surface area contributed by atoms with Gasteiger partial charge in [-0.15, -0.1) is 0 Å². The summed E-state index contributed by atoms with van der Waals surface area (Å²) >= 11 is 0. The molecule has 2 aromatic carbocycles. The van der Waals surface area contributed by atoms with Crippen molar-refractivity contribution in [1.82, 2.24) is 0 Å². The topological polar surface area (TPSA) is 0 Å². The van der Waals surface area contributed by atoms with Crippen LogP contribution < -0.4 is 0 Å². The molecule has 0 spiro atoms. The van der Waals surface area contributed by atoms with Crippen molar-refractivity contribution < 1.29 is 0 Å². The Morgan fingerprint density at radius 1 is 0.269 bits per heavy atom. The van der Waals surface area contributed by atoms with Gasteiger partial charge in [0.25, 0.3) is 0 Å². The van der Waals surface area contributed by atoms with E-state index in [1.54, 1.807) is 22.1 Å². The molecule has 0 heterocycles. The summed E-state index contributed by atoms with van der Waals surface area (Å²) in [5.41, 5.74) is 4.82. The number of fused-ring (bicyclic) bond motifs is 1. The highest BCUT2D eigenvalue weighted by Gasteiger charge is 2.08. The van der Waals surface area contributed by atoms with E-state index >= 15 is 0 Å². The summed E-state index contributed by atoms with van der Waals surface area (Å²) in [5.74, 6) is 0. The minimum Gasteiger partial charge on any atom is -0.0654 e. The maximum atomic E-state index is 2.63. The van der Waals surface area contributed by atoms with Gasteiger partial charge in [-0.3, -0.25) is 0 Å². The van der Waals surface area contributed by atoms with Crippen LogP contribution in [-0.2, 0) is 19.3 Å². The quantitative estimate of drug-likeness (QED) is 0.0604. The van der Waals surface area contributed by atoms with E-state index in [0.717, 1.165) is 0 Å². The van der Waals surface area contributed by atoms with Crippen LogP contribution in [0.2, 0.25) is 0 Å². The van der Waals surface area contributed by atoms with Crippen LogP contribution in [0.5, 0.6) is 0 Å². The summed E-state index contributed by atoms with van der Waals surface area (Å²) in [6.45, 7) is 6.95. The highest BCUT2D eigenvalue weighted by Crippen LogP contribution is 2.27. The fourth-order valence-electron chi connectivity index (χ4n) is 8.55. The van der Waals surface area contributed by atoms with Gasteiger partial charge in [-0.2, -0.15) is 0 Å². The highest BCUT2D eigenvalue weighted by atomic mass is 14.1. The van der Waals surface area contributed by atoms with E-state index in [-0.39, 0.29) is 0 Å². The van der Waals surface area contributed by atoms with Gasteiger partial charge in [0, 0.05) is 0 Å². The molecule has 0 saturated carbocycles. The van der Waals surface area contributed by atoms with Crippen LogP contribution in [0.1, 0.15) is 269 Å². The number of aryl methyl sites for hydroxylation is 3. The van der Waals surface area contributed by atoms with E-state index < -0.39 is 0 Å². The fourth-order valence-corrected chi connectivity index (χ4v) is 8.55. The lowest BCUT2D eigenvalue weighted by Gasteiger charge is -2.13. The second kappa shape index (κ2) is 35.4. The average Bonchev–Trinajstić information content (AvgIpc) is 3.16. The van der Waals surface area contributed by atoms with Crippen molar-refractivity contribution >= 4 is 10.8 Å². The number of hydrogen-bond acceptors (Lipinski definition) is 0. The summed E-state index contributed by atoms with van der Waals surface area (Å²) in [5, 5.41) is 3.07. The summed E-state index contributed by atoms with van der Waals surface area (Å²) in [4.78, 5) is 0. The van der Waals surface area contributed by atoms with Gasteiger partial charge < -0.3 is 0 Å². The molecule has 0 nitrogen and oxygen atoms in total. The molecule has 0 aromatic heterocycles. The lowest BCUT2D eigenvalue weighted by Crippen LogP contribution is -1.95. The lowest BCUT2D eigenvalue weighted by molar-refractivity contribution is 0.543. The molecule has 0 bridgehead atoms. The zero-order chi connectivity index (χ0) is 37.0. The molecule has 2 aromatic rings. The first-order valence-electron chi connectivity index (χ1n) is 24.3.